The minimum absolute atomic E-state index is 0.0968. The Morgan fingerprint density at radius 1 is 1.37 bits per heavy atom. The number of halogens is 3. The van der Waals surface area contributed by atoms with Gasteiger partial charge in [-0.15, -0.1) is 0 Å². The van der Waals surface area contributed by atoms with Crippen molar-refractivity contribution in [2.24, 2.45) is 11.8 Å². The fraction of sp³-hybridized carbons (Fsp3) is 0.435. The van der Waals surface area contributed by atoms with Crippen molar-refractivity contribution < 1.29 is 28.5 Å². The topological polar surface area (TPSA) is 73.6 Å². The molecular formula is C23H26F3NO3. The van der Waals surface area contributed by atoms with Gasteiger partial charge in [0.25, 0.3) is 0 Å². The lowest BCUT2D eigenvalue weighted by atomic mass is 9.66. The summed E-state index contributed by atoms with van der Waals surface area (Å²) < 4.78 is 39.3. The van der Waals surface area contributed by atoms with E-state index in [1.54, 1.807) is 13.8 Å². The summed E-state index contributed by atoms with van der Waals surface area (Å²) in [7, 11) is 0. The summed E-state index contributed by atoms with van der Waals surface area (Å²) in [5.74, 6) is -1.91. The molecule has 2 aliphatic rings. The Kier molecular flexibility index (Phi) is 6.24. The third-order valence-corrected chi connectivity index (χ3v) is 5.96. The lowest BCUT2D eigenvalue weighted by Crippen LogP contribution is -2.44. The number of pyridine rings is 1. The van der Waals surface area contributed by atoms with Crippen LogP contribution >= 0.6 is 0 Å². The molecule has 0 aliphatic heterocycles. The summed E-state index contributed by atoms with van der Waals surface area (Å²) in [6.07, 6.45) is 3.07. The van der Waals surface area contributed by atoms with Crippen LogP contribution in [0.5, 0.6) is 0 Å². The predicted octanol–water partition coefficient (Wildman–Crippen LogP) is 4.51. The molecule has 0 saturated carbocycles. The first-order valence-electron chi connectivity index (χ1n) is 9.84. The van der Waals surface area contributed by atoms with Crippen molar-refractivity contribution in [2.75, 3.05) is 0 Å². The van der Waals surface area contributed by atoms with Crippen molar-refractivity contribution >= 4 is 5.57 Å². The smallest absolute Gasteiger partial charge is 0.244 e. The molecule has 1 heterocycles. The lowest BCUT2D eigenvalue weighted by Gasteiger charge is -2.42. The summed E-state index contributed by atoms with van der Waals surface area (Å²) in [4.78, 5) is 3.79. The fourth-order valence-corrected chi connectivity index (χ4v) is 4.24. The molecule has 3 unspecified atom stereocenters. The van der Waals surface area contributed by atoms with E-state index in [-0.39, 0.29) is 22.9 Å². The minimum Gasteiger partial charge on any atom is -0.512 e. The Bertz CT molecular complexity index is 938. The van der Waals surface area contributed by atoms with Gasteiger partial charge in [-0.25, -0.2) is 13.2 Å². The lowest BCUT2D eigenvalue weighted by molar-refractivity contribution is 0.0303. The van der Waals surface area contributed by atoms with E-state index in [9.17, 15) is 28.5 Å². The van der Waals surface area contributed by atoms with E-state index in [1.165, 1.54) is 18.3 Å². The van der Waals surface area contributed by atoms with Gasteiger partial charge in [-0.05, 0) is 67.5 Å². The summed E-state index contributed by atoms with van der Waals surface area (Å²) in [6.45, 7) is 7.32. The number of nitrogens with zero attached hydrogens (tertiary/aromatic N) is 1. The van der Waals surface area contributed by atoms with Gasteiger partial charge in [-0.3, -0.25) is 4.98 Å². The summed E-state index contributed by atoms with van der Waals surface area (Å²) >= 11 is 0. The van der Waals surface area contributed by atoms with Crippen LogP contribution in [0, 0.1) is 17.7 Å². The van der Waals surface area contributed by atoms with E-state index in [1.807, 2.05) is 6.08 Å². The molecule has 0 radical (unpaired) electrons. The average molecular weight is 421 g/mol. The van der Waals surface area contributed by atoms with Crippen molar-refractivity contribution in [2.45, 2.75) is 51.2 Å². The van der Waals surface area contributed by atoms with E-state index in [0.29, 0.717) is 24.0 Å². The van der Waals surface area contributed by atoms with Gasteiger partial charge in [0.15, 0.2) is 0 Å². The van der Waals surface area contributed by atoms with Crippen LogP contribution in [0.1, 0.15) is 37.9 Å². The quantitative estimate of drug-likeness (QED) is 0.612. The molecule has 0 spiro atoms. The number of hydrogen-bond donors (Lipinski definition) is 3. The van der Waals surface area contributed by atoms with Gasteiger partial charge in [0.1, 0.15) is 17.2 Å². The van der Waals surface area contributed by atoms with Crippen LogP contribution in [0.4, 0.5) is 13.2 Å². The summed E-state index contributed by atoms with van der Waals surface area (Å²) in [5, 5.41) is 32.3. The molecule has 0 amide bonds. The van der Waals surface area contributed by atoms with E-state index in [2.05, 4.69) is 11.6 Å². The van der Waals surface area contributed by atoms with Crippen molar-refractivity contribution in [3.05, 3.63) is 71.1 Å². The number of rotatable bonds is 5. The van der Waals surface area contributed by atoms with Gasteiger partial charge in [-0.2, -0.15) is 0 Å². The van der Waals surface area contributed by atoms with Crippen LogP contribution in [0.15, 0.2) is 54.0 Å². The van der Waals surface area contributed by atoms with Crippen molar-refractivity contribution in [1.29, 1.82) is 0 Å². The molecule has 0 fully saturated rings. The minimum atomic E-state index is -2.71. The zero-order chi connectivity index (χ0) is 22.2. The van der Waals surface area contributed by atoms with Crippen LogP contribution in [0.25, 0.3) is 5.57 Å². The maximum Gasteiger partial charge on any atom is 0.244 e. The monoisotopic (exact) mass is 421 g/mol. The fourth-order valence-electron chi connectivity index (χ4n) is 4.24. The second-order valence-corrected chi connectivity index (χ2v) is 8.17. The van der Waals surface area contributed by atoms with Gasteiger partial charge in [0.05, 0.1) is 24.1 Å². The van der Waals surface area contributed by atoms with Crippen LogP contribution in [0.3, 0.4) is 0 Å². The van der Waals surface area contributed by atoms with Crippen molar-refractivity contribution in [3.8, 4) is 0 Å². The Balaban J connectivity index is 2.01. The van der Waals surface area contributed by atoms with Crippen LogP contribution < -0.4 is 0 Å². The first-order chi connectivity index (χ1) is 14.0. The van der Waals surface area contributed by atoms with Crippen LogP contribution in [-0.2, 0) is 6.42 Å². The number of hydrogen-bond acceptors (Lipinski definition) is 4. The molecule has 162 valence electrons. The second-order valence-electron chi connectivity index (χ2n) is 8.17. The molecule has 1 aromatic rings. The zero-order valence-corrected chi connectivity index (χ0v) is 16.9. The number of aromatic nitrogens is 1. The predicted molar refractivity (Wildman–Crippen MR) is 108 cm³/mol. The normalized spacial score (nSPS) is 29.3. The molecule has 0 aromatic carbocycles. The SMILES string of the molecule is C=C(C)C1(O)C=C(c2cnc(CC(F)F)c(F)c2)C=C(O)[C@@H]1C1C=C(C)C(O)CC1. The Morgan fingerprint density at radius 2 is 2.07 bits per heavy atom. The van der Waals surface area contributed by atoms with Crippen molar-refractivity contribution in [3.63, 3.8) is 0 Å². The van der Waals surface area contributed by atoms with Gasteiger partial charge < -0.3 is 15.3 Å². The highest BCUT2D eigenvalue weighted by Crippen LogP contribution is 2.46. The third kappa shape index (κ3) is 4.23. The number of aliphatic hydroxyl groups is 3. The molecule has 4 atom stereocenters. The van der Waals surface area contributed by atoms with Crippen LogP contribution in [-0.4, -0.2) is 38.4 Å². The van der Waals surface area contributed by atoms with E-state index >= 15 is 0 Å². The molecule has 30 heavy (non-hydrogen) atoms. The van der Waals surface area contributed by atoms with Crippen LogP contribution in [0.2, 0.25) is 0 Å². The van der Waals surface area contributed by atoms with Crippen molar-refractivity contribution in [1.82, 2.24) is 4.98 Å². The highest BCUT2D eigenvalue weighted by molar-refractivity contribution is 5.77. The van der Waals surface area contributed by atoms with Gasteiger partial charge >= 0.3 is 0 Å². The highest BCUT2D eigenvalue weighted by atomic mass is 19.3. The first-order valence-corrected chi connectivity index (χ1v) is 9.84. The molecule has 3 rings (SSSR count). The average Bonchev–Trinajstić information content (AvgIpc) is 2.65. The maximum absolute atomic E-state index is 14.2. The van der Waals surface area contributed by atoms with Gasteiger partial charge in [0.2, 0.25) is 6.43 Å². The molecule has 0 bridgehead atoms. The second kappa shape index (κ2) is 8.40. The first kappa shape index (κ1) is 22.3. The number of aliphatic hydroxyl groups excluding tert-OH is 2. The Labute approximate surface area is 173 Å². The zero-order valence-electron chi connectivity index (χ0n) is 16.9. The molecule has 4 nitrogen and oxygen atoms in total. The number of allylic oxidation sites excluding steroid dienone is 3. The van der Waals surface area contributed by atoms with E-state index < -0.39 is 36.3 Å². The summed E-state index contributed by atoms with van der Waals surface area (Å²) in [5.41, 5.74) is -0.214. The molecule has 1 aromatic heterocycles. The third-order valence-electron chi connectivity index (χ3n) is 5.96. The standard InChI is InChI=1S/C23H26F3NO3/c1-12(2)23(30)10-15(16-7-17(24)18(27-11-16)9-21(25)26)8-20(29)22(23)14-4-5-19(28)13(3)6-14/h6-8,10-11,14,19,21-22,28-30H,1,4-5,9H2,2-3H3/t14?,19?,22-,23?/m0/s1. The summed E-state index contributed by atoms with van der Waals surface area (Å²) in [6, 6.07) is 1.07. The molecule has 2 aliphatic carbocycles. The van der Waals surface area contributed by atoms with E-state index in [4.69, 9.17) is 0 Å². The molecule has 3 N–H and O–H groups in total. The Hall–Kier alpha value is -2.38. The molecule has 0 saturated heterocycles. The Morgan fingerprint density at radius 3 is 2.63 bits per heavy atom. The molecule has 7 heteroatoms. The largest absolute Gasteiger partial charge is 0.512 e. The van der Waals surface area contributed by atoms with Gasteiger partial charge in [0, 0.05) is 11.8 Å². The number of alkyl halides is 2. The maximum atomic E-state index is 14.2. The highest BCUT2D eigenvalue weighted by Gasteiger charge is 2.45. The van der Waals surface area contributed by atoms with Gasteiger partial charge in [-0.1, -0.05) is 12.7 Å². The van der Waals surface area contributed by atoms with E-state index in [0.717, 1.165) is 11.6 Å². The molecular weight excluding hydrogens is 395 g/mol.